The molecule has 0 N–H and O–H groups in total. The van der Waals surface area contributed by atoms with Crippen LogP contribution in [0.4, 0.5) is 0 Å². The van der Waals surface area contributed by atoms with Gasteiger partial charge in [-0.05, 0) is 18.9 Å². The molecule has 0 heterocycles. The summed E-state index contributed by atoms with van der Waals surface area (Å²) < 4.78 is 0. The van der Waals surface area contributed by atoms with Crippen molar-refractivity contribution in [3.63, 3.8) is 0 Å². The predicted molar refractivity (Wildman–Crippen MR) is 53.1 cm³/mol. The molecule has 0 aromatic rings. The molecule has 0 saturated heterocycles. The largest absolute Gasteiger partial charge is 0.299 e. The first-order valence-corrected chi connectivity index (χ1v) is 4.68. The van der Waals surface area contributed by atoms with Gasteiger partial charge in [0, 0.05) is 0 Å². The Hall–Kier alpha value is -0.850. The van der Waals surface area contributed by atoms with Gasteiger partial charge in [0.15, 0.2) is 0 Å². The van der Waals surface area contributed by atoms with Crippen molar-refractivity contribution in [3.8, 4) is 0 Å². The van der Waals surface area contributed by atoms with E-state index in [2.05, 4.69) is 13.0 Å². The quantitative estimate of drug-likeness (QED) is 0.245. The summed E-state index contributed by atoms with van der Waals surface area (Å²) in [7, 11) is 0. The minimum atomic E-state index is 0.793. The van der Waals surface area contributed by atoms with Crippen LogP contribution in [-0.2, 0) is 4.79 Å². The van der Waals surface area contributed by atoms with Gasteiger partial charge in [0.1, 0.15) is 6.29 Å². The fourth-order valence-corrected chi connectivity index (χ4v) is 0.973. The first-order valence-electron chi connectivity index (χ1n) is 4.68. The fraction of sp³-hybridized carbons (Fsp3) is 0.545. The molecule has 1 heteroatoms. The molecular formula is C11H18O. The van der Waals surface area contributed by atoms with Gasteiger partial charge in [-0.15, -0.1) is 0 Å². The van der Waals surface area contributed by atoms with Gasteiger partial charge in [-0.3, -0.25) is 4.79 Å². The number of carbonyl (C=O) groups excluding carboxylic acids is 1. The summed E-state index contributed by atoms with van der Waals surface area (Å²) in [5.74, 6) is 0. The maximum absolute atomic E-state index is 9.86. The number of carbonyl (C=O) groups is 1. The van der Waals surface area contributed by atoms with E-state index < -0.39 is 0 Å². The van der Waals surface area contributed by atoms with E-state index in [1.54, 1.807) is 6.08 Å². The van der Waals surface area contributed by atoms with Crippen LogP contribution in [0.15, 0.2) is 24.3 Å². The minimum absolute atomic E-state index is 0.793. The van der Waals surface area contributed by atoms with Crippen LogP contribution >= 0.6 is 0 Å². The highest BCUT2D eigenvalue weighted by Gasteiger charge is 1.82. The molecular weight excluding hydrogens is 148 g/mol. The summed E-state index contributed by atoms with van der Waals surface area (Å²) in [6.45, 7) is 2.21. The summed E-state index contributed by atoms with van der Waals surface area (Å²) in [5, 5.41) is 0. The fourth-order valence-electron chi connectivity index (χ4n) is 0.973. The van der Waals surface area contributed by atoms with E-state index in [-0.39, 0.29) is 0 Å². The summed E-state index contributed by atoms with van der Waals surface area (Å²) in [5.41, 5.74) is 0. The Kier molecular flexibility index (Phi) is 9.43. The zero-order chi connectivity index (χ0) is 9.07. The molecule has 0 bridgehead atoms. The lowest BCUT2D eigenvalue weighted by molar-refractivity contribution is -0.104. The topological polar surface area (TPSA) is 17.1 Å². The van der Waals surface area contributed by atoms with Crippen LogP contribution in [-0.4, -0.2) is 6.29 Å². The summed E-state index contributed by atoms with van der Waals surface area (Å²) >= 11 is 0. The van der Waals surface area contributed by atoms with Crippen molar-refractivity contribution in [1.29, 1.82) is 0 Å². The third-order valence-electron chi connectivity index (χ3n) is 1.66. The Morgan fingerprint density at radius 3 is 2.50 bits per heavy atom. The van der Waals surface area contributed by atoms with Crippen LogP contribution in [0.1, 0.15) is 39.0 Å². The van der Waals surface area contributed by atoms with Crippen molar-refractivity contribution in [1.82, 2.24) is 0 Å². The maximum atomic E-state index is 9.86. The van der Waals surface area contributed by atoms with Crippen LogP contribution in [0.3, 0.4) is 0 Å². The number of unbranched alkanes of at least 4 members (excludes halogenated alkanes) is 4. The van der Waals surface area contributed by atoms with Gasteiger partial charge in [0.2, 0.25) is 0 Å². The third-order valence-corrected chi connectivity index (χ3v) is 1.66. The Balaban J connectivity index is 3.13. The van der Waals surface area contributed by atoms with Gasteiger partial charge in [0.25, 0.3) is 0 Å². The molecule has 0 aromatic heterocycles. The molecule has 0 saturated carbocycles. The van der Waals surface area contributed by atoms with Gasteiger partial charge in [0.05, 0.1) is 0 Å². The van der Waals surface area contributed by atoms with Gasteiger partial charge >= 0.3 is 0 Å². The van der Waals surface area contributed by atoms with E-state index >= 15 is 0 Å². The van der Waals surface area contributed by atoms with Gasteiger partial charge in [-0.2, -0.15) is 0 Å². The Bertz CT molecular complexity index is 145. The number of hydrogen-bond acceptors (Lipinski definition) is 1. The second-order valence-electron chi connectivity index (χ2n) is 2.80. The van der Waals surface area contributed by atoms with Crippen molar-refractivity contribution < 1.29 is 4.79 Å². The lowest BCUT2D eigenvalue weighted by atomic mass is 10.1. The van der Waals surface area contributed by atoms with E-state index in [0.717, 1.165) is 12.7 Å². The first kappa shape index (κ1) is 11.2. The Morgan fingerprint density at radius 1 is 1.00 bits per heavy atom. The number of hydrogen-bond donors (Lipinski definition) is 0. The average molecular weight is 166 g/mol. The van der Waals surface area contributed by atoms with E-state index in [4.69, 9.17) is 0 Å². The SMILES string of the molecule is CCCCCC/C=C\C=CC=O. The molecule has 12 heavy (non-hydrogen) atoms. The highest BCUT2D eigenvalue weighted by molar-refractivity contribution is 5.65. The van der Waals surface area contributed by atoms with Crippen LogP contribution in [0, 0.1) is 0 Å². The molecule has 0 rings (SSSR count). The molecule has 0 radical (unpaired) electrons. The molecule has 0 amide bonds. The van der Waals surface area contributed by atoms with Gasteiger partial charge in [-0.25, -0.2) is 0 Å². The summed E-state index contributed by atoms with van der Waals surface area (Å²) in [4.78, 5) is 9.86. The average Bonchev–Trinajstić information content (AvgIpc) is 2.10. The second-order valence-corrected chi connectivity index (χ2v) is 2.80. The highest BCUT2D eigenvalue weighted by Crippen LogP contribution is 2.02. The van der Waals surface area contributed by atoms with Crippen molar-refractivity contribution in [2.45, 2.75) is 39.0 Å². The number of rotatable bonds is 7. The first-order chi connectivity index (χ1) is 5.91. The molecule has 68 valence electrons. The lowest BCUT2D eigenvalue weighted by Gasteiger charge is -1.92. The van der Waals surface area contributed by atoms with Crippen LogP contribution in [0.5, 0.6) is 0 Å². The number of aldehydes is 1. The van der Waals surface area contributed by atoms with Crippen molar-refractivity contribution >= 4 is 6.29 Å². The monoisotopic (exact) mass is 166 g/mol. The maximum Gasteiger partial charge on any atom is 0.142 e. The van der Waals surface area contributed by atoms with Crippen LogP contribution in [0.25, 0.3) is 0 Å². The molecule has 0 atom stereocenters. The second kappa shape index (κ2) is 10.2. The normalized spacial score (nSPS) is 11.4. The summed E-state index contributed by atoms with van der Waals surface area (Å²) in [6, 6.07) is 0. The van der Waals surface area contributed by atoms with E-state index in [0.29, 0.717) is 0 Å². The zero-order valence-electron chi connectivity index (χ0n) is 7.83. The standard InChI is InChI=1S/C11H18O/c1-2-3-4-5-6-7-8-9-10-11-12/h7-11H,2-6H2,1H3/b8-7-,10-9?. The van der Waals surface area contributed by atoms with Gasteiger partial charge < -0.3 is 0 Å². The molecule has 0 fully saturated rings. The lowest BCUT2D eigenvalue weighted by Crippen LogP contribution is -1.73. The van der Waals surface area contributed by atoms with E-state index in [9.17, 15) is 4.79 Å². The zero-order valence-corrected chi connectivity index (χ0v) is 7.83. The highest BCUT2D eigenvalue weighted by atomic mass is 16.1. The molecule has 0 unspecified atom stereocenters. The van der Waals surface area contributed by atoms with Crippen molar-refractivity contribution in [3.05, 3.63) is 24.3 Å². The number of allylic oxidation sites excluding steroid dienone is 4. The Morgan fingerprint density at radius 2 is 1.83 bits per heavy atom. The molecule has 0 aliphatic carbocycles. The molecule has 1 nitrogen and oxygen atoms in total. The van der Waals surface area contributed by atoms with Crippen LogP contribution in [0.2, 0.25) is 0 Å². The molecule has 0 aliphatic heterocycles. The molecule has 0 spiro atoms. The van der Waals surface area contributed by atoms with E-state index in [1.165, 1.54) is 31.8 Å². The van der Waals surface area contributed by atoms with Crippen molar-refractivity contribution in [2.75, 3.05) is 0 Å². The smallest absolute Gasteiger partial charge is 0.142 e. The van der Waals surface area contributed by atoms with E-state index in [1.807, 2.05) is 6.08 Å². The van der Waals surface area contributed by atoms with Gasteiger partial charge in [-0.1, -0.05) is 44.4 Å². The predicted octanol–water partition coefficient (Wildman–Crippen LogP) is 3.27. The van der Waals surface area contributed by atoms with Crippen LogP contribution < -0.4 is 0 Å². The molecule has 0 aliphatic rings. The summed E-state index contributed by atoms with van der Waals surface area (Å²) in [6.07, 6.45) is 14.4. The minimum Gasteiger partial charge on any atom is -0.299 e. The van der Waals surface area contributed by atoms with Crippen molar-refractivity contribution in [2.24, 2.45) is 0 Å². The third kappa shape index (κ3) is 9.15. The Labute approximate surface area is 75.2 Å². The molecule has 0 aromatic carbocycles.